The lowest BCUT2D eigenvalue weighted by Gasteiger charge is -2.31. The minimum atomic E-state index is -0.795. The van der Waals surface area contributed by atoms with Crippen molar-refractivity contribution in [2.24, 2.45) is 0 Å². The SMILES string of the molecule is CCc1n[nH]nc1C1(C(=O)O)CCCCC1. The molecule has 0 unspecified atom stereocenters. The molecule has 0 atom stereocenters. The van der Waals surface area contributed by atoms with Gasteiger partial charge in [0.1, 0.15) is 11.1 Å². The second kappa shape index (κ2) is 4.23. The molecule has 0 aromatic carbocycles. The fraction of sp³-hybridized carbons (Fsp3) is 0.727. The van der Waals surface area contributed by atoms with Crippen molar-refractivity contribution in [1.29, 1.82) is 0 Å². The van der Waals surface area contributed by atoms with Gasteiger partial charge in [0, 0.05) is 0 Å². The number of aryl methyl sites for hydroxylation is 1. The summed E-state index contributed by atoms with van der Waals surface area (Å²) in [4.78, 5) is 11.6. The molecule has 16 heavy (non-hydrogen) atoms. The lowest BCUT2D eigenvalue weighted by molar-refractivity contribution is -0.145. The van der Waals surface area contributed by atoms with E-state index in [1.807, 2.05) is 6.92 Å². The number of aliphatic carboxylic acids is 1. The Morgan fingerprint density at radius 1 is 1.38 bits per heavy atom. The van der Waals surface area contributed by atoms with Crippen molar-refractivity contribution >= 4 is 5.97 Å². The average molecular weight is 223 g/mol. The minimum absolute atomic E-state index is 0.655. The monoisotopic (exact) mass is 223 g/mol. The molecule has 1 fully saturated rings. The third-order valence-electron chi connectivity index (χ3n) is 3.52. The predicted molar refractivity (Wildman–Crippen MR) is 58.2 cm³/mol. The number of carbonyl (C=O) groups is 1. The molecule has 0 saturated heterocycles. The molecule has 1 aromatic heterocycles. The van der Waals surface area contributed by atoms with E-state index in [4.69, 9.17) is 0 Å². The average Bonchev–Trinajstić information content (AvgIpc) is 2.78. The van der Waals surface area contributed by atoms with Crippen LogP contribution in [0.4, 0.5) is 0 Å². The first-order chi connectivity index (χ1) is 7.70. The van der Waals surface area contributed by atoms with Gasteiger partial charge in [-0.3, -0.25) is 4.79 Å². The van der Waals surface area contributed by atoms with Crippen molar-refractivity contribution in [2.45, 2.75) is 50.9 Å². The van der Waals surface area contributed by atoms with E-state index in [2.05, 4.69) is 15.4 Å². The molecule has 1 aromatic rings. The van der Waals surface area contributed by atoms with Gasteiger partial charge in [-0.15, -0.1) is 0 Å². The molecule has 5 nitrogen and oxygen atoms in total. The van der Waals surface area contributed by atoms with Crippen molar-refractivity contribution in [3.8, 4) is 0 Å². The van der Waals surface area contributed by atoms with Gasteiger partial charge in [-0.2, -0.15) is 15.4 Å². The summed E-state index contributed by atoms with van der Waals surface area (Å²) in [6.45, 7) is 1.97. The van der Waals surface area contributed by atoms with Crippen molar-refractivity contribution in [2.75, 3.05) is 0 Å². The summed E-state index contributed by atoms with van der Waals surface area (Å²) in [6, 6.07) is 0. The smallest absolute Gasteiger partial charge is 0.315 e. The van der Waals surface area contributed by atoms with E-state index >= 15 is 0 Å². The highest BCUT2D eigenvalue weighted by Gasteiger charge is 2.44. The number of hydrogen-bond acceptors (Lipinski definition) is 3. The molecule has 2 N–H and O–H groups in total. The lowest BCUT2D eigenvalue weighted by atomic mass is 9.71. The number of H-pyrrole nitrogens is 1. The number of rotatable bonds is 3. The van der Waals surface area contributed by atoms with Crippen LogP contribution in [0.2, 0.25) is 0 Å². The maximum absolute atomic E-state index is 11.6. The number of carboxylic acid groups (broad SMARTS) is 1. The van der Waals surface area contributed by atoms with Crippen LogP contribution in [-0.4, -0.2) is 26.5 Å². The van der Waals surface area contributed by atoms with Gasteiger partial charge in [0.25, 0.3) is 0 Å². The van der Waals surface area contributed by atoms with Gasteiger partial charge in [-0.1, -0.05) is 26.2 Å². The van der Waals surface area contributed by atoms with Crippen LogP contribution in [0.15, 0.2) is 0 Å². The number of carboxylic acids is 1. The molecule has 2 rings (SSSR count). The number of aromatic amines is 1. The first kappa shape index (κ1) is 11.1. The topological polar surface area (TPSA) is 78.9 Å². The molecule has 5 heteroatoms. The maximum Gasteiger partial charge on any atom is 0.315 e. The number of hydrogen-bond donors (Lipinski definition) is 2. The highest BCUT2D eigenvalue weighted by Crippen LogP contribution is 2.39. The quantitative estimate of drug-likeness (QED) is 0.816. The molecular formula is C11H17N3O2. The third-order valence-corrected chi connectivity index (χ3v) is 3.52. The summed E-state index contributed by atoms with van der Waals surface area (Å²) in [7, 11) is 0. The normalized spacial score (nSPS) is 19.6. The van der Waals surface area contributed by atoms with Crippen molar-refractivity contribution in [3.05, 3.63) is 11.4 Å². The first-order valence-corrected chi connectivity index (χ1v) is 5.84. The van der Waals surface area contributed by atoms with Crippen LogP contribution >= 0.6 is 0 Å². The Labute approximate surface area is 94.3 Å². The zero-order chi connectivity index (χ0) is 11.6. The molecule has 0 spiro atoms. The van der Waals surface area contributed by atoms with Crippen LogP contribution in [0.3, 0.4) is 0 Å². The Kier molecular flexibility index (Phi) is 2.94. The number of aromatic nitrogens is 3. The molecular weight excluding hydrogens is 206 g/mol. The fourth-order valence-electron chi connectivity index (χ4n) is 2.59. The Morgan fingerprint density at radius 2 is 2.06 bits per heavy atom. The van der Waals surface area contributed by atoms with E-state index in [0.717, 1.165) is 31.4 Å². The van der Waals surface area contributed by atoms with Crippen LogP contribution in [-0.2, 0) is 16.6 Å². The maximum atomic E-state index is 11.6. The van der Waals surface area contributed by atoms with E-state index in [0.29, 0.717) is 18.5 Å². The molecule has 0 amide bonds. The van der Waals surface area contributed by atoms with E-state index in [9.17, 15) is 9.90 Å². The summed E-state index contributed by atoms with van der Waals surface area (Å²) in [6.07, 6.45) is 5.13. The lowest BCUT2D eigenvalue weighted by Crippen LogP contribution is -2.39. The third kappa shape index (κ3) is 1.60. The number of nitrogens with zero attached hydrogens (tertiary/aromatic N) is 2. The van der Waals surface area contributed by atoms with E-state index in [1.54, 1.807) is 0 Å². The highest BCUT2D eigenvalue weighted by molar-refractivity contribution is 5.81. The molecule has 0 bridgehead atoms. The zero-order valence-electron chi connectivity index (χ0n) is 9.49. The van der Waals surface area contributed by atoms with Crippen LogP contribution in [0.1, 0.15) is 50.4 Å². The largest absolute Gasteiger partial charge is 0.481 e. The van der Waals surface area contributed by atoms with Crippen molar-refractivity contribution in [1.82, 2.24) is 15.4 Å². The van der Waals surface area contributed by atoms with E-state index in [-0.39, 0.29) is 0 Å². The summed E-state index contributed by atoms with van der Waals surface area (Å²) < 4.78 is 0. The van der Waals surface area contributed by atoms with Crippen LogP contribution in [0.25, 0.3) is 0 Å². The Balaban J connectivity index is 2.42. The van der Waals surface area contributed by atoms with Gasteiger partial charge in [-0.25, -0.2) is 0 Å². The second-order valence-corrected chi connectivity index (χ2v) is 4.42. The van der Waals surface area contributed by atoms with Gasteiger partial charge >= 0.3 is 5.97 Å². The summed E-state index contributed by atoms with van der Waals surface area (Å²) in [5.74, 6) is -0.754. The van der Waals surface area contributed by atoms with E-state index in [1.165, 1.54) is 0 Å². The predicted octanol–water partition coefficient (Wildman–Crippen LogP) is 1.65. The van der Waals surface area contributed by atoms with Crippen LogP contribution in [0, 0.1) is 0 Å². The fourth-order valence-corrected chi connectivity index (χ4v) is 2.59. The summed E-state index contributed by atoms with van der Waals surface area (Å²) in [5, 5.41) is 20.2. The van der Waals surface area contributed by atoms with Crippen LogP contribution < -0.4 is 0 Å². The first-order valence-electron chi connectivity index (χ1n) is 5.84. The molecule has 1 aliphatic carbocycles. The number of nitrogens with one attached hydrogen (secondary N) is 1. The molecule has 0 radical (unpaired) electrons. The van der Waals surface area contributed by atoms with Crippen molar-refractivity contribution < 1.29 is 9.90 Å². The van der Waals surface area contributed by atoms with Crippen LogP contribution in [0.5, 0.6) is 0 Å². The Morgan fingerprint density at radius 3 is 2.62 bits per heavy atom. The van der Waals surface area contributed by atoms with Gasteiger partial charge < -0.3 is 5.11 Å². The van der Waals surface area contributed by atoms with Gasteiger partial charge in [0.15, 0.2) is 0 Å². The second-order valence-electron chi connectivity index (χ2n) is 4.42. The Bertz CT molecular complexity index is 380. The van der Waals surface area contributed by atoms with Gasteiger partial charge in [0.05, 0.1) is 5.69 Å². The summed E-state index contributed by atoms with van der Waals surface area (Å²) >= 11 is 0. The zero-order valence-corrected chi connectivity index (χ0v) is 9.49. The van der Waals surface area contributed by atoms with Gasteiger partial charge in [-0.05, 0) is 19.3 Å². The standard InChI is InChI=1S/C11H17N3O2/c1-2-8-9(13-14-12-8)11(10(15)16)6-4-3-5-7-11/h2-7H2,1H3,(H,15,16)(H,12,13,14). The highest BCUT2D eigenvalue weighted by atomic mass is 16.4. The molecule has 0 aliphatic heterocycles. The molecule has 1 saturated carbocycles. The molecule has 1 aliphatic rings. The summed E-state index contributed by atoms with van der Waals surface area (Å²) in [5.41, 5.74) is 0.655. The Hall–Kier alpha value is -1.39. The minimum Gasteiger partial charge on any atom is -0.481 e. The van der Waals surface area contributed by atoms with Crippen molar-refractivity contribution in [3.63, 3.8) is 0 Å². The van der Waals surface area contributed by atoms with Gasteiger partial charge in [0.2, 0.25) is 0 Å². The molecule has 1 heterocycles. The van der Waals surface area contributed by atoms with E-state index < -0.39 is 11.4 Å². The molecule has 88 valence electrons.